The molecule has 0 aliphatic rings. The summed E-state index contributed by atoms with van der Waals surface area (Å²) >= 11 is 6.56. The first-order chi connectivity index (χ1) is 16.3. The molecule has 0 heterocycles. The average molecular weight is 445 g/mol. The van der Waals surface area contributed by atoms with Gasteiger partial charge in [-0.1, -0.05) is 145 Å². The summed E-state index contributed by atoms with van der Waals surface area (Å²) in [5.41, 5.74) is 5.71. The summed E-state index contributed by atoms with van der Waals surface area (Å²) < 4.78 is 0. The smallest absolute Gasteiger partial charge is 0.0560 e. The van der Waals surface area contributed by atoms with Gasteiger partial charge in [0.05, 0.1) is 5.41 Å². The van der Waals surface area contributed by atoms with Gasteiger partial charge in [0.25, 0.3) is 0 Å². The number of rotatable bonds is 6. The highest BCUT2D eigenvalue weighted by Crippen LogP contribution is 2.52. The number of hydrogen-bond acceptors (Lipinski definition) is 0. The van der Waals surface area contributed by atoms with E-state index in [2.05, 4.69) is 140 Å². The maximum absolute atomic E-state index is 6.56. The van der Waals surface area contributed by atoms with Gasteiger partial charge in [-0.25, -0.2) is 0 Å². The highest BCUT2D eigenvalue weighted by molar-refractivity contribution is 6.30. The van der Waals surface area contributed by atoms with E-state index in [1.54, 1.807) is 0 Å². The second-order valence-corrected chi connectivity index (χ2v) is 8.74. The Morgan fingerprint density at radius 1 is 0.424 bits per heavy atom. The van der Waals surface area contributed by atoms with Crippen molar-refractivity contribution in [2.24, 2.45) is 0 Å². The van der Waals surface area contributed by atoms with E-state index in [1.165, 1.54) is 27.8 Å². The quantitative estimate of drug-likeness (QED) is 0.230. The third-order valence-corrected chi connectivity index (χ3v) is 6.67. The summed E-state index contributed by atoms with van der Waals surface area (Å²) in [6, 6.07) is 51.7. The molecule has 1 heteroatoms. The van der Waals surface area contributed by atoms with Crippen LogP contribution in [0.4, 0.5) is 0 Å². The van der Waals surface area contributed by atoms with Crippen molar-refractivity contribution in [2.45, 2.75) is 11.3 Å². The van der Waals surface area contributed by atoms with Gasteiger partial charge < -0.3 is 0 Å². The van der Waals surface area contributed by atoms with E-state index in [0.717, 1.165) is 5.02 Å². The first-order valence-corrected chi connectivity index (χ1v) is 11.6. The fourth-order valence-electron chi connectivity index (χ4n) is 5.13. The Hall–Kier alpha value is -3.61. The van der Waals surface area contributed by atoms with Crippen molar-refractivity contribution in [3.63, 3.8) is 0 Å². The van der Waals surface area contributed by atoms with Gasteiger partial charge in [0.2, 0.25) is 0 Å². The second-order valence-electron chi connectivity index (χ2n) is 8.30. The Balaban J connectivity index is 1.95. The van der Waals surface area contributed by atoms with Crippen molar-refractivity contribution in [1.82, 2.24) is 0 Å². The molecule has 0 radical (unpaired) electrons. The molecule has 0 saturated carbocycles. The van der Waals surface area contributed by atoms with Gasteiger partial charge in [-0.05, 0) is 39.9 Å². The van der Waals surface area contributed by atoms with E-state index in [9.17, 15) is 0 Å². The Labute approximate surface area is 201 Å². The molecule has 5 aromatic rings. The molecular weight excluding hydrogens is 420 g/mol. The molecule has 0 aromatic heterocycles. The summed E-state index contributed by atoms with van der Waals surface area (Å²) in [6.07, 6.45) is 0. The highest BCUT2D eigenvalue weighted by Gasteiger charge is 2.45. The maximum atomic E-state index is 6.56. The normalized spacial score (nSPS) is 12.3. The molecule has 0 saturated heterocycles. The Bertz CT molecular complexity index is 1200. The van der Waals surface area contributed by atoms with Gasteiger partial charge in [0.1, 0.15) is 0 Å². The highest BCUT2D eigenvalue weighted by atomic mass is 35.5. The Morgan fingerprint density at radius 2 is 0.818 bits per heavy atom. The van der Waals surface area contributed by atoms with Gasteiger partial charge in [-0.2, -0.15) is 0 Å². The van der Waals surface area contributed by atoms with Crippen molar-refractivity contribution < 1.29 is 0 Å². The largest absolute Gasteiger partial charge is 0.0843 e. The van der Waals surface area contributed by atoms with Crippen molar-refractivity contribution in [2.75, 3.05) is 0 Å². The molecule has 0 spiro atoms. The molecule has 0 bridgehead atoms. The van der Waals surface area contributed by atoms with Crippen molar-refractivity contribution in [3.8, 4) is 0 Å². The van der Waals surface area contributed by atoms with Gasteiger partial charge in [-0.3, -0.25) is 0 Å². The van der Waals surface area contributed by atoms with Crippen LogP contribution in [-0.4, -0.2) is 0 Å². The predicted molar refractivity (Wildman–Crippen MR) is 139 cm³/mol. The first kappa shape index (κ1) is 21.2. The fourth-order valence-corrected chi connectivity index (χ4v) is 5.33. The Kier molecular flexibility index (Phi) is 6.11. The van der Waals surface area contributed by atoms with E-state index >= 15 is 0 Å². The van der Waals surface area contributed by atoms with Crippen molar-refractivity contribution >= 4 is 11.6 Å². The number of benzene rings is 5. The van der Waals surface area contributed by atoms with Crippen LogP contribution < -0.4 is 0 Å². The molecule has 0 aliphatic carbocycles. The average Bonchev–Trinajstić information content (AvgIpc) is 2.89. The lowest BCUT2D eigenvalue weighted by Crippen LogP contribution is -2.37. The first-order valence-electron chi connectivity index (χ1n) is 11.3. The summed E-state index contributed by atoms with van der Waals surface area (Å²) in [7, 11) is 0. The van der Waals surface area contributed by atoms with Crippen LogP contribution in [0.1, 0.15) is 33.7 Å². The predicted octanol–water partition coefficient (Wildman–Crippen LogP) is 8.51. The van der Waals surface area contributed by atoms with Crippen LogP contribution in [0.5, 0.6) is 0 Å². The minimum absolute atomic E-state index is 0.00426. The molecule has 0 unspecified atom stereocenters. The molecule has 1 atom stereocenters. The third-order valence-electron chi connectivity index (χ3n) is 6.44. The molecule has 33 heavy (non-hydrogen) atoms. The summed E-state index contributed by atoms with van der Waals surface area (Å²) in [5, 5.41) is 0.747. The lowest BCUT2D eigenvalue weighted by atomic mass is 9.58. The minimum Gasteiger partial charge on any atom is -0.0843 e. The molecule has 0 fully saturated rings. The zero-order valence-corrected chi connectivity index (χ0v) is 19.1. The van der Waals surface area contributed by atoms with E-state index in [1.807, 2.05) is 6.07 Å². The fraction of sp³-hybridized carbons (Fsp3) is 0.0625. The minimum atomic E-state index is -0.462. The van der Waals surface area contributed by atoms with E-state index < -0.39 is 5.41 Å². The second kappa shape index (κ2) is 9.48. The number of halogens is 1. The topological polar surface area (TPSA) is 0 Å². The Morgan fingerprint density at radius 3 is 1.24 bits per heavy atom. The van der Waals surface area contributed by atoms with E-state index in [-0.39, 0.29) is 5.92 Å². The third kappa shape index (κ3) is 3.99. The van der Waals surface area contributed by atoms with Gasteiger partial charge in [0, 0.05) is 10.9 Å². The lowest BCUT2D eigenvalue weighted by molar-refractivity contribution is 0.537. The van der Waals surface area contributed by atoms with Gasteiger partial charge >= 0.3 is 0 Å². The van der Waals surface area contributed by atoms with Crippen molar-refractivity contribution in [1.29, 1.82) is 0 Å². The van der Waals surface area contributed by atoms with Gasteiger partial charge in [0.15, 0.2) is 0 Å². The van der Waals surface area contributed by atoms with Crippen LogP contribution in [0.2, 0.25) is 5.02 Å². The van der Waals surface area contributed by atoms with Crippen LogP contribution in [-0.2, 0) is 5.41 Å². The number of hydrogen-bond donors (Lipinski definition) is 0. The molecule has 160 valence electrons. The molecular formula is C32H25Cl. The van der Waals surface area contributed by atoms with Crippen LogP contribution in [0, 0.1) is 0 Å². The lowest BCUT2D eigenvalue weighted by Gasteiger charge is -2.43. The van der Waals surface area contributed by atoms with E-state index in [4.69, 9.17) is 11.6 Å². The molecule has 0 amide bonds. The monoisotopic (exact) mass is 444 g/mol. The van der Waals surface area contributed by atoms with E-state index in [0.29, 0.717) is 0 Å². The maximum Gasteiger partial charge on any atom is 0.0560 e. The molecule has 0 nitrogen and oxygen atoms in total. The standard InChI is InChI=1S/C32H25Cl/c33-30-23-13-16-26(24-30)31(25-14-5-1-6-15-25)32(27-17-7-2-8-18-27,28-19-9-3-10-20-28)29-21-11-4-12-22-29/h1-24,31H/t31-/m0/s1. The molecule has 5 rings (SSSR count). The summed E-state index contributed by atoms with van der Waals surface area (Å²) in [4.78, 5) is 0. The molecule has 5 aromatic carbocycles. The molecule has 0 N–H and O–H groups in total. The van der Waals surface area contributed by atoms with Crippen LogP contribution in [0.15, 0.2) is 146 Å². The zero-order valence-electron chi connectivity index (χ0n) is 18.3. The van der Waals surface area contributed by atoms with Crippen LogP contribution in [0.25, 0.3) is 0 Å². The van der Waals surface area contributed by atoms with Crippen molar-refractivity contribution in [3.05, 3.63) is 178 Å². The SMILES string of the molecule is Clc1cccc([C@H](c2ccccc2)C(c2ccccc2)(c2ccccc2)c2ccccc2)c1. The zero-order chi connectivity index (χ0) is 22.5. The van der Waals surface area contributed by atoms with Gasteiger partial charge in [-0.15, -0.1) is 0 Å². The summed E-state index contributed by atoms with van der Waals surface area (Å²) in [5.74, 6) is 0.00426. The summed E-state index contributed by atoms with van der Waals surface area (Å²) in [6.45, 7) is 0. The van der Waals surface area contributed by atoms with Crippen LogP contribution >= 0.6 is 11.6 Å². The van der Waals surface area contributed by atoms with Crippen LogP contribution in [0.3, 0.4) is 0 Å². The molecule has 0 aliphatic heterocycles.